The van der Waals surface area contributed by atoms with Crippen LogP contribution in [0.3, 0.4) is 0 Å². The van der Waals surface area contributed by atoms with E-state index in [-0.39, 0.29) is 19.7 Å². The van der Waals surface area contributed by atoms with Crippen LogP contribution in [-0.2, 0) is 28.2 Å². The Morgan fingerprint density at radius 1 is 1.37 bits per heavy atom. The van der Waals surface area contributed by atoms with Crippen LogP contribution >= 0.6 is 11.6 Å². The Balaban J connectivity index is 1.77. The van der Waals surface area contributed by atoms with Gasteiger partial charge in [0.2, 0.25) is 5.91 Å². The molecular formula is C17H20ClN3O5S. The number of carbonyl (C=O) groups excluding carboxylic acids is 1. The Kier molecular flexibility index (Phi) is 5.61. The third-order valence-corrected chi connectivity index (χ3v) is 5.01. The summed E-state index contributed by atoms with van der Waals surface area (Å²) in [5.41, 5.74) is 0.484. The monoisotopic (exact) mass is 413 g/mol. The first-order valence-corrected chi connectivity index (χ1v) is 10.7. The van der Waals surface area contributed by atoms with Crippen LogP contribution in [0.1, 0.15) is 5.69 Å². The number of benzene rings is 1. The Morgan fingerprint density at radius 3 is 2.70 bits per heavy atom. The van der Waals surface area contributed by atoms with E-state index in [1.165, 1.54) is 9.58 Å². The number of amides is 1. The molecule has 0 saturated heterocycles. The molecule has 2 heterocycles. The molecule has 146 valence electrons. The number of carbonyl (C=O) groups is 1. The highest BCUT2D eigenvalue weighted by Gasteiger charge is 2.28. The summed E-state index contributed by atoms with van der Waals surface area (Å²) in [5, 5.41) is 4.63. The van der Waals surface area contributed by atoms with Crippen molar-refractivity contribution in [2.75, 3.05) is 25.2 Å². The molecule has 2 aromatic rings. The van der Waals surface area contributed by atoms with E-state index < -0.39 is 27.6 Å². The van der Waals surface area contributed by atoms with E-state index >= 15 is 0 Å². The van der Waals surface area contributed by atoms with Gasteiger partial charge < -0.3 is 14.4 Å². The molecule has 0 aliphatic carbocycles. The number of ether oxygens (including phenoxy) is 2. The van der Waals surface area contributed by atoms with E-state index in [1.54, 1.807) is 25.4 Å². The lowest BCUT2D eigenvalue weighted by molar-refractivity contribution is -0.130. The molecule has 0 N–H and O–H groups in total. The van der Waals surface area contributed by atoms with Crippen molar-refractivity contribution in [3.8, 4) is 11.5 Å². The summed E-state index contributed by atoms with van der Waals surface area (Å²) in [6, 6.07) is 7.24. The third kappa shape index (κ3) is 5.14. The van der Waals surface area contributed by atoms with E-state index in [2.05, 4.69) is 5.10 Å². The molecule has 0 radical (unpaired) electrons. The molecule has 1 amide bonds. The Labute approximate surface area is 162 Å². The SMILES string of the molecule is Cn1cc(Cl)c(CN(C[C@H]2COc3ccccc3O2)C(=O)CS(C)(=O)=O)n1. The van der Waals surface area contributed by atoms with E-state index in [0.29, 0.717) is 22.2 Å². The summed E-state index contributed by atoms with van der Waals surface area (Å²) in [5.74, 6) is 0.0825. The predicted molar refractivity (Wildman–Crippen MR) is 99.7 cm³/mol. The van der Waals surface area contributed by atoms with Crippen molar-refractivity contribution in [1.29, 1.82) is 0 Å². The number of fused-ring (bicyclic) bond motifs is 1. The number of halogens is 1. The highest BCUT2D eigenvalue weighted by atomic mass is 35.5. The molecule has 1 aromatic heterocycles. The topological polar surface area (TPSA) is 90.7 Å². The minimum Gasteiger partial charge on any atom is -0.486 e. The van der Waals surface area contributed by atoms with Crippen molar-refractivity contribution < 1.29 is 22.7 Å². The molecule has 0 unspecified atom stereocenters. The Bertz CT molecular complexity index is 944. The van der Waals surface area contributed by atoms with Crippen LogP contribution in [0, 0.1) is 0 Å². The van der Waals surface area contributed by atoms with Gasteiger partial charge in [-0.15, -0.1) is 0 Å². The summed E-state index contributed by atoms with van der Waals surface area (Å²) in [7, 11) is -1.76. The molecule has 1 aliphatic heterocycles. The fraction of sp³-hybridized carbons (Fsp3) is 0.412. The van der Waals surface area contributed by atoms with Crippen molar-refractivity contribution in [2.24, 2.45) is 7.05 Å². The maximum Gasteiger partial charge on any atom is 0.238 e. The van der Waals surface area contributed by atoms with Crippen LogP contribution in [0.5, 0.6) is 11.5 Å². The number of aromatic nitrogens is 2. The van der Waals surface area contributed by atoms with Gasteiger partial charge in [-0.1, -0.05) is 23.7 Å². The van der Waals surface area contributed by atoms with Crippen molar-refractivity contribution in [1.82, 2.24) is 14.7 Å². The molecule has 0 fully saturated rings. The first-order chi connectivity index (χ1) is 12.7. The van der Waals surface area contributed by atoms with Gasteiger partial charge in [0.15, 0.2) is 27.4 Å². The van der Waals surface area contributed by atoms with Crippen LogP contribution in [-0.4, -0.2) is 60.3 Å². The zero-order chi connectivity index (χ0) is 19.6. The first kappa shape index (κ1) is 19.5. The molecule has 0 spiro atoms. The van der Waals surface area contributed by atoms with Crippen LogP contribution in [0.2, 0.25) is 5.02 Å². The standard InChI is InChI=1S/C17H20ClN3O5S/c1-20-8-13(18)14(19-20)9-21(17(22)11-27(2,23)24)7-12-10-25-15-5-3-4-6-16(15)26-12/h3-6,8,12H,7,9-11H2,1-2H3/t12-/m0/s1. The van der Waals surface area contributed by atoms with Gasteiger partial charge >= 0.3 is 0 Å². The number of hydrogen-bond donors (Lipinski definition) is 0. The quantitative estimate of drug-likeness (QED) is 0.708. The molecule has 1 aliphatic rings. The smallest absolute Gasteiger partial charge is 0.238 e. The average Bonchev–Trinajstić information content (AvgIpc) is 2.90. The lowest BCUT2D eigenvalue weighted by atomic mass is 10.2. The molecule has 1 aromatic carbocycles. The maximum absolute atomic E-state index is 12.6. The van der Waals surface area contributed by atoms with Crippen LogP contribution in [0.4, 0.5) is 0 Å². The number of nitrogens with zero attached hydrogens (tertiary/aromatic N) is 3. The number of para-hydroxylation sites is 2. The minimum absolute atomic E-state index is 0.0789. The van der Waals surface area contributed by atoms with Crippen molar-refractivity contribution >= 4 is 27.3 Å². The van der Waals surface area contributed by atoms with Crippen LogP contribution in [0.15, 0.2) is 30.5 Å². The molecular weight excluding hydrogens is 394 g/mol. The Hall–Kier alpha value is -2.26. The molecule has 0 saturated carbocycles. The van der Waals surface area contributed by atoms with Gasteiger partial charge in [-0.25, -0.2) is 8.42 Å². The average molecular weight is 414 g/mol. The number of rotatable bonds is 6. The molecule has 27 heavy (non-hydrogen) atoms. The van der Waals surface area contributed by atoms with Gasteiger partial charge in [0.25, 0.3) is 0 Å². The second-order valence-electron chi connectivity index (χ2n) is 6.44. The van der Waals surface area contributed by atoms with Gasteiger partial charge in [0.1, 0.15) is 18.1 Å². The minimum atomic E-state index is -3.48. The van der Waals surface area contributed by atoms with Gasteiger partial charge in [0.05, 0.1) is 18.1 Å². The zero-order valence-electron chi connectivity index (χ0n) is 15.0. The third-order valence-electron chi connectivity index (χ3n) is 3.92. The number of hydrogen-bond acceptors (Lipinski definition) is 6. The second kappa shape index (κ2) is 7.77. The number of sulfone groups is 1. The summed E-state index contributed by atoms with van der Waals surface area (Å²) >= 11 is 6.14. The van der Waals surface area contributed by atoms with E-state index in [9.17, 15) is 13.2 Å². The van der Waals surface area contributed by atoms with Crippen molar-refractivity contribution in [3.63, 3.8) is 0 Å². The lowest BCUT2D eigenvalue weighted by Gasteiger charge is -2.31. The lowest BCUT2D eigenvalue weighted by Crippen LogP contribution is -2.45. The fourth-order valence-corrected chi connectivity index (χ4v) is 3.63. The van der Waals surface area contributed by atoms with Crippen molar-refractivity contribution in [3.05, 3.63) is 41.2 Å². The van der Waals surface area contributed by atoms with Crippen LogP contribution < -0.4 is 9.47 Å². The van der Waals surface area contributed by atoms with Gasteiger partial charge in [-0.2, -0.15) is 5.10 Å². The molecule has 10 heteroatoms. The molecule has 0 bridgehead atoms. The predicted octanol–water partition coefficient (Wildman–Crippen LogP) is 1.29. The summed E-state index contributed by atoms with van der Waals surface area (Å²) in [4.78, 5) is 14.0. The summed E-state index contributed by atoms with van der Waals surface area (Å²) < 4.78 is 36.2. The highest BCUT2D eigenvalue weighted by molar-refractivity contribution is 7.91. The maximum atomic E-state index is 12.6. The first-order valence-electron chi connectivity index (χ1n) is 8.23. The zero-order valence-corrected chi connectivity index (χ0v) is 16.5. The largest absolute Gasteiger partial charge is 0.486 e. The van der Waals surface area contributed by atoms with E-state index in [0.717, 1.165) is 6.26 Å². The van der Waals surface area contributed by atoms with Crippen molar-refractivity contribution in [2.45, 2.75) is 12.6 Å². The van der Waals surface area contributed by atoms with Gasteiger partial charge in [0, 0.05) is 19.5 Å². The molecule has 1 atom stereocenters. The fourth-order valence-electron chi connectivity index (χ4n) is 2.76. The summed E-state index contributed by atoms with van der Waals surface area (Å²) in [6.07, 6.45) is 2.20. The number of aryl methyl sites for hydroxylation is 1. The van der Waals surface area contributed by atoms with E-state index in [1.807, 2.05) is 12.1 Å². The summed E-state index contributed by atoms with van der Waals surface area (Å²) in [6.45, 7) is 0.473. The Morgan fingerprint density at radius 2 is 2.07 bits per heavy atom. The molecule has 8 nitrogen and oxygen atoms in total. The normalized spacial score (nSPS) is 16.2. The van der Waals surface area contributed by atoms with E-state index in [4.69, 9.17) is 21.1 Å². The highest BCUT2D eigenvalue weighted by Crippen LogP contribution is 2.31. The second-order valence-corrected chi connectivity index (χ2v) is 8.99. The van der Waals surface area contributed by atoms with Gasteiger partial charge in [-0.05, 0) is 12.1 Å². The van der Waals surface area contributed by atoms with Crippen LogP contribution in [0.25, 0.3) is 0 Å². The molecule has 3 rings (SSSR count). The van der Waals surface area contributed by atoms with Gasteiger partial charge in [-0.3, -0.25) is 9.48 Å².